The summed E-state index contributed by atoms with van der Waals surface area (Å²) in [4.78, 5) is 26.7. The number of nitrogens with one attached hydrogen (secondary N) is 2. The molecule has 4 aromatic heterocycles. The fraction of sp³-hybridized carbons (Fsp3) is 0.136. The number of furan rings is 1. The predicted molar refractivity (Wildman–Crippen MR) is 122 cm³/mol. The van der Waals surface area contributed by atoms with Gasteiger partial charge in [-0.2, -0.15) is 10.2 Å². The fourth-order valence-corrected chi connectivity index (χ4v) is 3.30. The van der Waals surface area contributed by atoms with Crippen molar-refractivity contribution in [1.82, 2.24) is 45.1 Å². The molecule has 13 nitrogen and oxygen atoms in total. The van der Waals surface area contributed by atoms with E-state index in [9.17, 15) is 9.59 Å². The Labute approximate surface area is 198 Å². The first-order valence-electron chi connectivity index (χ1n) is 10.6. The lowest BCUT2D eigenvalue weighted by atomic mass is 10.2. The summed E-state index contributed by atoms with van der Waals surface area (Å²) in [6.07, 6.45) is 4.69. The Bertz CT molecular complexity index is 1450. The highest BCUT2D eigenvalue weighted by Gasteiger charge is 2.20. The van der Waals surface area contributed by atoms with Gasteiger partial charge in [0.15, 0.2) is 18.1 Å². The van der Waals surface area contributed by atoms with Gasteiger partial charge in [0, 0.05) is 25.0 Å². The fourth-order valence-electron chi connectivity index (χ4n) is 3.30. The van der Waals surface area contributed by atoms with Crippen molar-refractivity contribution in [3.05, 3.63) is 84.3 Å². The van der Waals surface area contributed by atoms with E-state index in [1.807, 2.05) is 30.3 Å². The van der Waals surface area contributed by atoms with Crippen molar-refractivity contribution >= 4 is 17.5 Å². The number of nitrogens with zero attached hydrogens (tertiary/aromatic N) is 8. The number of benzene rings is 1. The number of tetrazole rings is 1. The molecule has 0 fully saturated rings. The Kier molecular flexibility index (Phi) is 5.86. The van der Waals surface area contributed by atoms with E-state index < -0.39 is 11.8 Å². The summed E-state index contributed by atoms with van der Waals surface area (Å²) in [6, 6.07) is 14.5. The molecule has 2 N–H and O–H groups in total. The van der Waals surface area contributed by atoms with Crippen molar-refractivity contribution in [2.24, 2.45) is 7.05 Å². The van der Waals surface area contributed by atoms with Gasteiger partial charge in [0.05, 0.1) is 18.5 Å². The van der Waals surface area contributed by atoms with Crippen molar-refractivity contribution < 1.29 is 14.0 Å². The smallest absolute Gasteiger partial charge is 0.276 e. The van der Waals surface area contributed by atoms with Gasteiger partial charge >= 0.3 is 0 Å². The Hall–Kier alpha value is -5.07. The van der Waals surface area contributed by atoms with Gasteiger partial charge in [-0.1, -0.05) is 30.3 Å². The average molecular weight is 472 g/mol. The number of hydrogen-bond acceptors (Lipinski definition) is 8. The molecule has 5 rings (SSSR count). The van der Waals surface area contributed by atoms with Crippen LogP contribution in [0.25, 0.3) is 11.4 Å². The van der Waals surface area contributed by atoms with E-state index in [2.05, 4.69) is 36.2 Å². The third-order valence-corrected chi connectivity index (χ3v) is 4.92. The molecule has 0 bridgehead atoms. The summed E-state index contributed by atoms with van der Waals surface area (Å²) in [5.74, 6) is 0.149. The lowest BCUT2D eigenvalue weighted by Gasteiger charge is -2.05. The molecule has 0 spiro atoms. The van der Waals surface area contributed by atoms with Gasteiger partial charge in [0.1, 0.15) is 5.76 Å². The van der Waals surface area contributed by atoms with Crippen LogP contribution in [0.1, 0.15) is 26.7 Å². The van der Waals surface area contributed by atoms with Gasteiger partial charge in [-0.15, -0.1) is 15.0 Å². The van der Waals surface area contributed by atoms with Crippen molar-refractivity contribution in [2.75, 3.05) is 5.32 Å². The van der Waals surface area contributed by atoms with E-state index in [0.29, 0.717) is 11.6 Å². The van der Waals surface area contributed by atoms with E-state index in [-0.39, 0.29) is 30.3 Å². The van der Waals surface area contributed by atoms with E-state index in [4.69, 9.17) is 4.42 Å². The van der Waals surface area contributed by atoms with Gasteiger partial charge in [-0.25, -0.2) is 4.68 Å². The number of anilines is 1. The average Bonchev–Trinajstić information content (AvgIpc) is 3.67. The maximum Gasteiger partial charge on any atom is 0.276 e. The lowest BCUT2D eigenvalue weighted by molar-refractivity contribution is 0.0943. The van der Waals surface area contributed by atoms with Gasteiger partial charge in [-0.3, -0.25) is 14.3 Å². The van der Waals surface area contributed by atoms with Crippen molar-refractivity contribution in [3.63, 3.8) is 0 Å². The minimum atomic E-state index is -0.492. The highest BCUT2D eigenvalue weighted by molar-refractivity contribution is 6.07. The number of rotatable bonds is 8. The topological polar surface area (TPSA) is 151 Å². The summed E-state index contributed by atoms with van der Waals surface area (Å²) >= 11 is 0. The van der Waals surface area contributed by atoms with Crippen LogP contribution in [0.15, 0.2) is 71.6 Å². The van der Waals surface area contributed by atoms with Crippen LogP contribution in [0.2, 0.25) is 0 Å². The maximum absolute atomic E-state index is 12.8. The Morgan fingerprint density at radius 1 is 1.00 bits per heavy atom. The summed E-state index contributed by atoms with van der Waals surface area (Å²) in [5, 5.41) is 26.2. The third kappa shape index (κ3) is 4.98. The molecular formula is C22H20N10O3. The zero-order chi connectivity index (χ0) is 24.2. The normalized spacial score (nSPS) is 10.9. The molecule has 0 aliphatic rings. The third-order valence-electron chi connectivity index (χ3n) is 4.92. The van der Waals surface area contributed by atoms with Gasteiger partial charge in [0.25, 0.3) is 11.8 Å². The summed E-state index contributed by atoms with van der Waals surface area (Å²) in [6.45, 7) is 0.364. The molecule has 13 heteroatoms. The molecule has 0 aliphatic heterocycles. The van der Waals surface area contributed by atoms with Crippen LogP contribution in [-0.4, -0.2) is 51.6 Å². The lowest BCUT2D eigenvalue weighted by Crippen LogP contribution is -2.25. The highest BCUT2D eigenvalue weighted by Crippen LogP contribution is 2.15. The predicted octanol–water partition coefficient (Wildman–Crippen LogP) is 1.55. The summed E-state index contributed by atoms with van der Waals surface area (Å²) < 4.78 is 8.16. The van der Waals surface area contributed by atoms with E-state index in [1.165, 1.54) is 20.4 Å². The van der Waals surface area contributed by atoms with Crippen LogP contribution in [0.3, 0.4) is 0 Å². The quantitative estimate of drug-likeness (QED) is 0.345. The van der Waals surface area contributed by atoms with E-state index in [1.54, 1.807) is 37.6 Å². The number of amides is 2. The molecule has 0 aliphatic carbocycles. The SMILES string of the molecule is Cn1cc(NC(=O)c2ccn(Cn3nnc(-c4ccccc4)n3)n2)c(C(=O)NCc2ccco2)n1. The number of aromatic nitrogens is 8. The Morgan fingerprint density at radius 2 is 1.86 bits per heavy atom. The minimum Gasteiger partial charge on any atom is -0.467 e. The second kappa shape index (κ2) is 9.43. The Morgan fingerprint density at radius 3 is 2.66 bits per heavy atom. The number of carbonyl (C=O) groups is 2. The Balaban J connectivity index is 1.23. The van der Waals surface area contributed by atoms with Crippen LogP contribution < -0.4 is 10.6 Å². The second-order valence-corrected chi connectivity index (χ2v) is 7.51. The van der Waals surface area contributed by atoms with Crippen LogP contribution >= 0.6 is 0 Å². The minimum absolute atomic E-state index is 0.0760. The van der Waals surface area contributed by atoms with Gasteiger partial charge in [-0.05, 0) is 23.4 Å². The van der Waals surface area contributed by atoms with Crippen molar-refractivity contribution in [2.45, 2.75) is 13.2 Å². The standard InChI is InChI=1S/C22H20N10O3/c1-30-13-18(19(27-30)22(34)23-12-16-8-5-11-35-16)24-21(33)17-9-10-31(26-17)14-32-28-20(25-29-32)15-6-3-2-4-7-15/h2-11,13H,12,14H2,1H3,(H,23,34)(H,24,33). The zero-order valence-corrected chi connectivity index (χ0v) is 18.6. The summed E-state index contributed by atoms with van der Waals surface area (Å²) in [7, 11) is 1.66. The summed E-state index contributed by atoms with van der Waals surface area (Å²) in [5.41, 5.74) is 1.33. The van der Waals surface area contributed by atoms with Gasteiger partial charge in [0.2, 0.25) is 5.82 Å². The van der Waals surface area contributed by atoms with E-state index in [0.717, 1.165) is 5.56 Å². The molecule has 4 heterocycles. The molecule has 0 radical (unpaired) electrons. The largest absolute Gasteiger partial charge is 0.467 e. The van der Waals surface area contributed by atoms with Crippen LogP contribution in [0, 0.1) is 0 Å². The molecule has 0 saturated carbocycles. The van der Waals surface area contributed by atoms with Crippen LogP contribution in [-0.2, 0) is 20.3 Å². The zero-order valence-electron chi connectivity index (χ0n) is 18.6. The molecular weight excluding hydrogens is 452 g/mol. The molecule has 1 aromatic carbocycles. The molecule has 176 valence electrons. The van der Waals surface area contributed by atoms with E-state index >= 15 is 0 Å². The molecule has 35 heavy (non-hydrogen) atoms. The molecule has 0 atom stereocenters. The number of aryl methyl sites for hydroxylation is 1. The molecule has 5 aromatic rings. The highest BCUT2D eigenvalue weighted by atomic mass is 16.3. The first-order valence-corrected chi connectivity index (χ1v) is 10.6. The first-order chi connectivity index (χ1) is 17.0. The molecule has 0 unspecified atom stereocenters. The van der Waals surface area contributed by atoms with Crippen LogP contribution in [0.4, 0.5) is 5.69 Å². The van der Waals surface area contributed by atoms with Crippen molar-refractivity contribution in [3.8, 4) is 11.4 Å². The molecule has 2 amide bonds. The number of carbonyl (C=O) groups excluding carboxylic acids is 2. The first kappa shape index (κ1) is 21.8. The van der Waals surface area contributed by atoms with Gasteiger partial charge < -0.3 is 15.1 Å². The number of hydrogen-bond donors (Lipinski definition) is 2. The molecule has 0 saturated heterocycles. The maximum atomic E-state index is 12.8. The monoisotopic (exact) mass is 472 g/mol. The second-order valence-electron chi connectivity index (χ2n) is 7.51. The van der Waals surface area contributed by atoms with Crippen molar-refractivity contribution in [1.29, 1.82) is 0 Å². The van der Waals surface area contributed by atoms with Crippen LogP contribution in [0.5, 0.6) is 0 Å².